The van der Waals surface area contributed by atoms with Gasteiger partial charge in [-0.25, -0.2) is 4.98 Å². The first-order valence-electron chi connectivity index (χ1n) is 6.80. The third-order valence-corrected chi connectivity index (χ3v) is 3.46. The molecule has 0 spiro atoms. The van der Waals surface area contributed by atoms with E-state index in [-0.39, 0.29) is 23.2 Å². The Balaban J connectivity index is 2.49. The Bertz CT molecular complexity index is 507. The molecule has 0 aromatic carbocycles. The highest BCUT2D eigenvalue weighted by molar-refractivity contribution is 7.18. The van der Waals surface area contributed by atoms with E-state index in [9.17, 15) is 9.59 Å². The molecule has 0 fully saturated rings. The van der Waals surface area contributed by atoms with Crippen LogP contribution >= 0.6 is 11.3 Å². The lowest BCUT2D eigenvalue weighted by Gasteiger charge is -2.19. The van der Waals surface area contributed by atoms with Crippen LogP contribution < -0.4 is 22.1 Å². The van der Waals surface area contributed by atoms with E-state index in [1.807, 2.05) is 20.8 Å². The van der Waals surface area contributed by atoms with Crippen molar-refractivity contribution in [2.24, 2.45) is 5.73 Å². The van der Waals surface area contributed by atoms with Crippen LogP contribution in [0.15, 0.2) is 0 Å². The SMILES string of the molecule is CC(C)(C)Nc1nc(N)c(C(=O)NCCCCC(N)=O)s1. The van der Waals surface area contributed by atoms with E-state index in [1.54, 1.807) is 0 Å². The van der Waals surface area contributed by atoms with Crippen LogP contribution in [0.1, 0.15) is 49.7 Å². The average Bonchev–Trinajstić information content (AvgIpc) is 2.66. The lowest BCUT2D eigenvalue weighted by atomic mass is 10.1. The maximum atomic E-state index is 12.0. The second-order valence-corrected chi connectivity index (χ2v) is 6.79. The normalized spacial score (nSPS) is 11.2. The van der Waals surface area contributed by atoms with Crippen LogP contribution in [-0.4, -0.2) is 28.9 Å². The number of anilines is 2. The highest BCUT2D eigenvalue weighted by atomic mass is 32.1. The van der Waals surface area contributed by atoms with Gasteiger partial charge in [-0.3, -0.25) is 9.59 Å². The molecule has 0 radical (unpaired) electrons. The van der Waals surface area contributed by atoms with Gasteiger partial charge in [-0.05, 0) is 33.6 Å². The highest BCUT2D eigenvalue weighted by Gasteiger charge is 2.18. The first-order chi connectivity index (χ1) is 9.69. The van der Waals surface area contributed by atoms with E-state index in [4.69, 9.17) is 11.5 Å². The molecule has 0 atom stereocenters. The minimum atomic E-state index is -0.328. The van der Waals surface area contributed by atoms with Crippen LogP contribution in [0.3, 0.4) is 0 Å². The van der Waals surface area contributed by atoms with Gasteiger partial charge < -0.3 is 22.1 Å². The second-order valence-electron chi connectivity index (χ2n) is 5.79. The van der Waals surface area contributed by atoms with Crippen molar-refractivity contribution >= 4 is 34.1 Å². The first kappa shape index (κ1) is 17.2. The molecule has 1 heterocycles. The zero-order valence-corrected chi connectivity index (χ0v) is 13.5. The van der Waals surface area contributed by atoms with Crippen LogP contribution in [-0.2, 0) is 4.79 Å². The van der Waals surface area contributed by atoms with Gasteiger partial charge in [0.25, 0.3) is 5.91 Å². The maximum Gasteiger partial charge on any atom is 0.265 e. The monoisotopic (exact) mass is 313 g/mol. The minimum absolute atomic E-state index is 0.146. The first-order valence-corrected chi connectivity index (χ1v) is 7.61. The third kappa shape index (κ3) is 6.44. The summed E-state index contributed by atoms with van der Waals surface area (Å²) in [6, 6.07) is 0. The number of nitrogens with two attached hydrogens (primary N) is 2. The zero-order valence-electron chi connectivity index (χ0n) is 12.7. The molecule has 8 heteroatoms. The number of nitrogens with zero attached hydrogens (tertiary/aromatic N) is 1. The summed E-state index contributed by atoms with van der Waals surface area (Å²) in [5.74, 6) is -0.349. The smallest absolute Gasteiger partial charge is 0.265 e. The number of aromatic nitrogens is 1. The van der Waals surface area contributed by atoms with Crippen LogP contribution in [0, 0.1) is 0 Å². The summed E-state index contributed by atoms with van der Waals surface area (Å²) in [5, 5.41) is 6.57. The fraction of sp³-hybridized carbons (Fsp3) is 0.615. The van der Waals surface area contributed by atoms with Gasteiger partial charge in [0.05, 0.1) is 0 Å². The van der Waals surface area contributed by atoms with E-state index in [2.05, 4.69) is 15.6 Å². The van der Waals surface area contributed by atoms with Gasteiger partial charge in [0.1, 0.15) is 10.7 Å². The molecule has 1 aromatic heterocycles. The van der Waals surface area contributed by atoms with Crippen molar-refractivity contribution in [1.29, 1.82) is 0 Å². The molecule has 118 valence electrons. The Morgan fingerprint density at radius 2 is 1.95 bits per heavy atom. The number of thiazole rings is 1. The number of carbonyl (C=O) groups is 2. The number of primary amides is 1. The number of nitrogens with one attached hydrogen (secondary N) is 2. The van der Waals surface area contributed by atoms with E-state index in [1.165, 1.54) is 11.3 Å². The number of hydrogen-bond donors (Lipinski definition) is 4. The summed E-state index contributed by atoms with van der Waals surface area (Å²) in [5.41, 5.74) is 10.7. The number of unbranched alkanes of at least 4 members (excludes halogenated alkanes) is 1. The molecular weight excluding hydrogens is 290 g/mol. The summed E-state index contributed by atoms with van der Waals surface area (Å²) >= 11 is 1.23. The van der Waals surface area contributed by atoms with Gasteiger partial charge in [0, 0.05) is 18.5 Å². The molecule has 0 unspecified atom stereocenters. The van der Waals surface area contributed by atoms with Crippen LogP contribution in [0.5, 0.6) is 0 Å². The molecule has 2 amide bonds. The van der Waals surface area contributed by atoms with Crippen LogP contribution in [0.2, 0.25) is 0 Å². The van der Waals surface area contributed by atoms with Crippen molar-refractivity contribution in [3.8, 4) is 0 Å². The number of hydrogen-bond acceptors (Lipinski definition) is 6. The van der Waals surface area contributed by atoms with Crippen molar-refractivity contribution in [3.63, 3.8) is 0 Å². The van der Waals surface area contributed by atoms with Crippen LogP contribution in [0.25, 0.3) is 0 Å². The lowest BCUT2D eigenvalue weighted by Crippen LogP contribution is -2.25. The fourth-order valence-electron chi connectivity index (χ4n) is 1.58. The molecule has 1 aromatic rings. The summed E-state index contributed by atoms with van der Waals surface area (Å²) in [7, 11) is 0. The van der Waals surface area contributed by atoms with Gasteiger partial charge in [0.15, 0.2) is 5.13 Å². The van der Waals surface area contributed by atoms with E-state index in [0.717, 1.165) is 0 Å². The third-order valence-electron chi connectivity index (χ3n) is 2.48. The molecular formula is C13H23N5O2S. The van der Waals surface area contributed by atoms with E-state index >= 15 is 0 Å². The lowest BCUT2D eigenvalue weighted by molar-refractivity contribution is -0.118. The van der Waals surface area contributed by atoms with Gasteiger partial charge >= 0.3 is 0 Å². The second kappa shape index (κ2) is 7.26. The molecule has 0 aliphatic heterocycles. The summed E-state index contributed by atoms with van der Waals surface area (Å²) in [4.78, 5) is 27.1. The number of amides is 2. The molecule has 0 saturated carbocycles. The molecule has 6 N–H and O–H groups in total. The van der Waals surface area contributed by atoms with Crippen molar-refractivity contribution < 1.29 is 9.59 Å². The molecule has 1 rings (SSSR count). The zero-order chi connectivity index (χ0) is 16.0. The average molecular weight is 313 g/mol. The number of nitrogen functional groups attached to an aromatic ring is 1. The predicted molar refractivity (Wildman–Crippen MR) is 85.3 cm³/mol. The summed E-state index contributed by atoms with van der Waals surface area (Å²) in [6.45, 7) is 6.49. The molecule has 0 aliphatic carbocycles. The predicted octanol–water partition coefficient (Wildman–Crippen LogP) is 1.32. The van der Waals surface area contributed by atoms with Crippen molar-refractivity contribution in [1.82, 2.24) is 10.3 Å². The molecule has 0 aliphatic rings. The molecule has 0 saturated heterocycles. The Morgan fingerprint density at radius 1 is 1.29 bits per heavy atom. The van der Waals surface area contributed by atoms with Crippen molar-refractivity contribution in [2.45, 2.75) is 45.6 Å². The minimum Gasteiger partial charge on any atom is -0.382 e. The van der Waals surface area contributed by atoms with Crippen molar-refractivity contribution in [2.75, 3.05) is 17.6 Å². The number of carbonyl (C=O) groups excluding carboxylic acids is 2. The summed E-state index contributed by atoms with van der Waals surface area (Å²) < 4.78 is 0. The standard InChI is InChI=1S/C13H23N5O2S/c1-13(2,3)18-12-17-10(15)9(21-12)11(20)16-7-5-4-6-8(14)19/h4-7,15H2,1-3H3,(H2,14,19)(H,16,20)(H,17,18). The molecule has 21 heavy (non-hydrogen) atoms. The number of rotatable bonds is 7. The molecule has 0 bridgehead atoms. The summed E-state index contributed by atoms with van der Waals surface area (Å²) in [6.07, 6.45) is 1.68. The topological polar surface area (TPSA) is 123 Å². The van der Waals surface area contributed by atoms with Gasteiger partial charge in [-0.1, -0.05) is 11.3 Å². The largest absolute Gasteiger partial charge is 0.382 e. The van der Waals surface area contributed by atoms with Gasteiger partial charge in [-0.15, -0.1) is 0 Å². The van der Waals surface area contributed by atoms with E-state index < -0.39 is 0 Å². The Kier molecular flexibility index (Phi) is 5.95. The Labute approximate surface area is 128 Å². The van der Waals surface area contributed by atoms with Crippen molar-refractivity contribution in [3.05, 3.63) is 4.88 Å². The Morgan fingerprint density at radius 3 is 2.52 bits per heavy atom. The van der Waals surface area contributed by atoms with Gasteiger partial charge in [-0.2, -0.15) is 0 Å². The maximum absolute atomic E-state index is 12.0. The molecule has 7 nitrogen and oxygen atoms in total. The van der Waals surface area contributed by atoms with Gasteiger partial charge in [0.2, 0.25) is 5.91 Å². The Hall–Kier alpha value is -1.83. The highest BCUT2D eigenvalue weighted by Crippen LogP contribution is 2.27. The van der Waals surface area contributed by atoms with Crippen LogP contribution in [0.4, 0.5) is 10.9 Å². The van der Waals surface area contributed by atoms with E-state index in [0.29, 0.717) is 35.8 Å². The fourth-order valence-corrected chi connectivity index (χ4v) is 2.58. The quantitative estimate of drug-likeness (QED) is 0.565.